The predicted octanol–water partition coefficient (Wildman–Crippen LogP) is 1.49. The molecule has 0 radical (unpaired) electrons. The van der Waals surface area contributed by atoms with E-state index in [0.717, 1.165) is 24.2 Å². The Morgan fingerprint density at radius 3 is 2.81 bits per heavy atom. The van der Waals surface area contributed by atoms with E-state index in [9.17, 15) is 0 Å². The fourth-order valence-electron chi connectivity index (χ4n) is 2.34. The molecule has 1 saturated carbocycles. The molecule has 2 unspecified atom stereocenters. The lowest BCUT2D eigenvalue weighted by molar-refractivity contribution is 0.439. The van der Waals surface area contributed by atoms with E-state index in [1.165, 1.54) is 19.3 Å². The predicted molar refractivity (Wildman–Crippen MR) is 65.9 cm³/mol. The first-order valence-corrected chi connectivity index (χ1v) is 5.79. The molecule has 2 atom stereocenters. The maximum absolute atomic E-state index is 5.60. The number of hydrogen-bond donors (Lipinski definition) is 3. The van der Waals surface area contributed by atoms with Crippen LogP contribution in [0.4, 0.5) is 17.6 Å². The van der Waals surface area contributed by atoms with Crippen LogP contribution >= 0.6 is 0 Å². The third-order valence-electron chi connectivity index (χ3n) is 3.35. The van der Waals surface area contributed by atoms with Gasteiger partial charge in [0.05, 0.1) is 0 Å². The summed E-state index contributed by atoms with van der Waals surface area (Å²) in [7, 11) is 0. The van der Waals surface area contributed by atoms with Gasteiger partial charge in [-0.2, -0.15) is 9.97 Å². The van der Waals surface area contributed by atoms with Crippen LogP contribution in [0.3, 0.4) is 0 Å². The van der Waals surface area contributed by atoms with E-state index in [2.05, 4.69) is 22.2 Å². The van der Waals surface area contributed by atoms with E-state index in [0.29, 0.717) is 5.82 Å². The third kappa shape index (κ3) is 2.53. The lowest BCUT2D eigenvalue weighted by Gasteiger charge is -2.16. The van der Waals surface area contributed by atoms with Crippen molar-refractivity contribution in [1.82, 2.24) is 9.97 Å². The van der Waals surface area contributed by atoms with Gasteiger partial charge in [0.15, 0.2) is 0 Å². The summed E-state index contributed by atoms with van der Waals surface area (Å²) in [6.07, 6.45) is 3.96. The van der Waals surface area contributed by atoms with Crippen molar-refractivity contribution in [3.8, 4) is 0 Å². The Bertz CT molecular complexity index is 345. The number of nitrogens with zero attached hydrogens (tertiary/aromatic N) is 2. The van der Waals surface area contributed by atoms with Gasteiger partial charge >= 0.3 is 0 Å². The van der Waals surface area contributed by atoms with Crippen LogP contribution in [0.5, 0.6) is 0 Å². The maximum atomic E-state index is 5.60. The van der Waals surface area contributed by atoms with Crippen molar-refractivity contribution in [1.29, 1.82) is 0 Å². The molecule has 0 saturated heterocycles. The zero-order valence-corrected chi connectivity index (χ0v) is 9.61. The van der Waals surface area contributed by atoms with E-state index in [1.54, 1.807) is 6.07 Å². The second kappa shape index (κ2) is 4.55. The van der Waals surface area contributed by atoms with Crippen molar-refractivity contribution >= 4 is 17.6 Å². The number of aromatic nitrogens is 2. The highest BCUT2D eigenvalue weighted by Gasteiger charge is 2.22. The summed E-state index contributed by atoms with van der Waals surface area (Å²) >= 11 is 0. The van der Waals surface area contributed by atoms with Crippen LogP contribution in [-0.4, -0.2) is 16.5 Å². The normalized spacial score (nSPS) is 24.6. The monoisotopic (exact) mass is 221 g/mol. The Morgan fingerprint density at radius 1 is 1.38 bits per heavy atom. The van der Waals surface area contributed by atoms with Crippen molar-refractivity contribution in [2.75, 3.05) is 23.3 Å². The van der Waals surface area contributed by atoms with E-state index in [1.807, 2.05) is 0 Å². The van der Waals surface area contributed by atoms with Crippen LogP contribution < -0.4 is 16.8 Å². The third-order valence-corrected chi connectivity index (χ3v) is 3.35. The van der Waals surface area contributed by atoms with Gasteiger partial charge in [-0.05, 0) is 18.3 Å². The molecule has 2 rings (SSSR count). The van der Waals surface area contributed by atoms with Gasteiger partial charge in [0, 0.05) is 12.6 Å². The molecule has 0 spiro atoms. The molecule has 1 aromatic heterocycles. The summed E-state index contributed by atoms with van der Waals surface area (Å²) in [4.78, 5) is 7.93. The van der Waals surface area contributed by atoms with Crippen LogP contribution in [0.25, 0.3) is 0 Å². The molecule has 0 aromatic carbocycles. The second-order valence-corrected chi connectivity index (χ2v) is 4.59. The van der Waals surface area contributed by atoms with Crippen LogP contribution in [0, 0.1) is 11.8 Å². The minimum atomic E-state index is 0.224. The number of nitrogens with two attached hydrogens (primary N) is 2. The Labute approximate surface area is 95.6 Å². The number of nitrogen functional groups attached to an aromatic ring is 2. The first-order valence-electron chi connectivity index (χ1n) is 5.79. The molecule has 1 aliphatic rings. The Hall–Kier alpha value is -1.52. The van der Waals surface area contributed by atoms with Crippen molar-refractivity contribution in [2.24, 2.45) is 11.8 Å². The zero-order valence-electron chi connectivity index (χ0n) is 9.61. The lowest BCUT2D eigenvalue weighted by atomic mass is 9.98. The Balaban J connectivity index is 1.94. The SMILES string of the molecule is CC1CCCC1CNc1cc(N)nc(N)n1. The highest BCUT2D eigenvalue weighted by atomic mass is 15.1. The second-order valence-electron chi connectivity index (χ2n) is 4.59. The molecule has 88 valence electrons. The maximum Gasteiger partial charge on any atom is 0.223 e. The van der Waals surface area contributed by atoms with Crippen molar-refractivity contribution in [3.05, 3.63) is 6.07 Å². The van der Waals surface area contributed by atoms with Gasteiger partial charge in [0.1, 0.15) is 11.6 Å². The summed E-state index contributed by atoms with van der Waals surface area (Å²) in [6, 6.07) is 1.72. The number of anilines is 3. The summed E-state index contributed by atoms with van der Waals surface area (Å²) in [5, 5.41) is 3.29. The summed E-state index contributed by atoms with van der Waals surface area (Å²) < 4.78 is 0. The van der Waals surface area contributed by atoms with E-state index < -0.39 is 0 Å². The minimum Gasteiger partial charge on any atom is -0.383 e. The Morgan fingerprint density at radius 2 is 2.19 bits per heavy atom. The molecule has 0 amide bonds. The zero-order chi connectivity index (χ0) is 11.5. The molecular weight excluding hydrogens is 202 g/mol. The van der Waals surface area contributed by atoms with Crippen LogP contribution in [0.15, 0.2) is 6.07 Å². The van der Waals surface area contributed by atoms with E-state index in [-0.39, 0.29) is 5.95 Å². The lowest BCUT2D eigenvalue weighted by Crippen LogP contribution is -2.17. The highest BCUT2D eigenvalue weighted by Crippen LogP contribution is 2.31. The summed E-state index contributed by atoms with van der Waals surface area (Å²) in [6.45, 7) is 3.25. The first kappa shape index (κ1) is 11.0. The van der Waals surface area contributed by atoms with Gasteiger partial charge in [-0.15, -0.1) is 0 Å². The van der Waals surface area contributed by atoms with Gasteiger partial charge < -0.3 is 16.8 Å². The molecule has 1 aliphatic carbocycles. The van der Waals surface area contributed by atoms with E-state index >= 15 is 0 Å². The van der Waals surface area contributed by atoms with E-state index in [4.69, 9.17) is 11.5 Å². The quantitative estimate of drug-likeness (QED) is 0.719. The number of nitrogens with one attached hydrogen (secondary N) is 1. The summed E-state index contributed by atoms with van der Waals surface area (Å²) in [5.74, 6) is 2.89. The number of hydrogen-bond acceptors (Lipinski definition) is 5. The fourth-order valence-corrected chi connectivity index (χ4v) is 2.34. The van der Waals surface area contributed by atoms with Crippen LogP contribution in [0.2, 0.25) is 0 Å². The fraction of sp³-hybridized carbons (Fsp3) is 0.636. The minimum absolute atomic E-state index is 0.224. The average molecular weight is 221 g/mol. The molecular formula is C11H19N5. The van der Waals surface area contributed by atoms with Gasteiger partial charge in [-0.25, -0.2) is 0 Å². The van der Waals surface area contributed by atoms with Gasteiger partial charge in [0.25, 0.3) is 0 Å². The molecule has 1 fully saturated rings. The number of rotatable bonds is 3. The van der Waals surface area contributed by atoms with Gasteiger partial charge in [-0.1, -0.05) is 19.8 Å². The Kier molecular flexibility index (Phi) is 3.12. The molecule has 5 nitrogen and oxygen atoms in total. The molecule has 5 N–H and O–H groups in total. The molecule has 1 heterocycles. The molecule has 5 heteroatoms. The van der Waals surface area contributed by atoms with Crippen LogP contribution in [0.1, 0.15) is 26.2 Å². The largest absolute Gasteiger partial charge is 0.383 e. The average Bonchev–Trinajstić information content (AvgIpc) is 2.59. The molecule has 0 aliphatic heterocycles. The smallest absolute Gasteiger partial charge is 0.223 e. The van der Waals surface area contributed by atoms with Gasteiger partial charge in [0.2, 0.25) is 5.95 Å². The highest BCUT2D eigenvalue weighted by molar-refractivity contribution is 5.48. The molecule has 0 bridgehead atoms. The van der Waals surface area contributed by atoms with Crippen molar-refractivity contribution in [3.63, 3.8) is 0 Å². The first-order chi connectivity index (χ1) is 7.65. The standard InChI is InChI=1S/C11H19N5/c1-7-3-2-4-8(7)6-14-10-5-9(12)15-11(13)16-10/h5,7-8H,2-4,6H2,1H3,(H5,12,13,14,15,16). The topological polar surface area (TPSA) is 89.8 Å². The van der Waals surface area contributed by atoms with Crippen LogP contribution in [-0.2, 0) is 0 Å². The van der Waals surface area contributed by atoms with Gasteiger partial charge in [-0.3, -0.25) is 0 Å². The van der Waals surface area contributed by atoms with Crippen molar-refractivity contribution in [2.45, 2.75) is 26.2 Å². The van der Waals surface area contributed by atoms with Crippen molar-refractivity contribution < 1.29 is 0 Å². The molecule has 1 aromatic rings. The summed E-state index contributed by atoms with van der Waals surface area (Å²) in [5.41, 5.74) is 11.1. The molecule has 16 heavy (non-hydrogen) atoms.